The van der Waals surface area contributed by atoms with E-state index >= 15 is 0 Å². The molecule has 5 nitrogen and oxygen atoms in total. The second-order valence-corrected chi connectivity index (χ2v) is 5.53. The maximum atomic E-state index is 11.9. The van der Waals surface area contributed by atoms with Crippen molar-refractivity contribution in [1.29, 1.82) is 5.26 Å². The fourth-order valence-electron chi connectivity index (χ4n) is 2.57. The summed E-state index contributed by atoms with van der Waals surface area (Å²) < 4.78 is 6.89. The standard InChI is InChI=1S/C18H17N3O2/c1-20(13-15-8-6-14(12-19)7-9-15)10-11-21-16-4-2-3-5-17(16)23-18(21)22/h2-9H,10-11,13H2,1H3. The van der Waals surface area contributed by atoms with E-state index < -0.39 is 0 Å². The van der Waals surface area contributed by atoms with Crippen molar-refractivity contribution in [3.63, 3.8) is 0 Å². The smallest absolute Gasteiger partial charge is 0.408 e. The minimum Gasteiger partial charge on any atom is -0.408 e. The highest BCUT2D eigenvalue weighted by molar-refractivity contribution is 5.72. The van der Waals surface area contributed by atoms with Gasteiger partial charge in [-0.15, -0.1) is 0 Å². The third kappa shape index (κ3) is 3.33. The quantitative estimate of drug-likeness (QED) is 0.727. The maximum Gasteiger partial charge on any atom is 0.419 e. The number of hydrogen-bond donors (Lipinski definition) is 0. The molecule has 3 aromatic rings. The highest BCUT2D eigenvalue weighted by Crippen LogP contribution is 2.12. The lowest BCUT2D eigenvalue weighted by Crippen LogP contribution is -2.26. The summed E-state index contributed by atoms with van der Waals surface area (Å²) in [4.78, 5) is 14.1. The molecule has 0 radical (unpaired) electrons. The monoisotopic (exact) mass is 307 g/mol. The van der Waals surface area contributed by atoms with Gasteiger partial charge in [0.15, 0.2) is 5.58 Å². The number of para-hydroxylation sites is 2. The second-order valence-electron chi connectivity index (χ2n) is 5.53. The predicted molar refractivity (Wildman–Crippen MR) is 88.0 cm³/mol. The molecule has 0 N–H and O–H groups in total. The molecule has 0 unspecified atom stereocenters. The Hall–Kier alpha value is -2.84. The summed E-state index contributed by atoms with van der Waals surface area (Å²) in [6, 6.07) is 17.1. The number of oxazole rings is 1. The van der Waals surface area contributed by atoms with Crippen LogP contribution in [0.4, 0.5) is 0 Å². The van der Waals surface area contributed by atoms with Crippen molar-refractivity contribution in [3.8, 4) is 6.07 Å². The van der Waals surface area contributed by atoms with Crippen molar-refractivity contribution in [2.45, 2.75) is 13.1 Å². The Labute approximate surface area is 134 Å². The molecule has 0 bridgehead atoms. The van der Waals surface area contributed by atoms with E-state index in [1.807, 2.05) is 49.5 Å². The van der Waals surface area contributed by atoms with Crippen molar-refractivity contribution in [1.82, 2.24) is 9.47 Å². The minimum atomic E-state index is -0.321. The molecule has 1 heterocycles. The molecular formula is C18H17N3O2. The van der Waals surface area contributed by atoms with Crippen molar-refractivity contribution < 1.29 is 4.42 Å². The van der Waals surface area contributed by atoms with Crippen molar-refractivity contribution >= 4 is 11.1 Å². The second kappa shape index (κ2) is 6.51. The summed E-state index contributed by atoms with van der Waals surface area (Å²) in [6.07, 6.45) is 0. The third-order valence-electron chi connectivity index (χ3n) is 3.81. The van der Waals surface area contributed by atoms with Crippen LogP contribution in [-0.4, -0.2) is 23.1 Å². The Kier molecular flexibility index (Phi) is 4.26. The van der Waals surface area contributed by atoms with Gasteiger partial charge >= 0.3 is 5.76 Å². The molecule has 116 valence electrons. The number of benzene rings is 2. The number of hydrogen-bond acceptors (Lipinski definition) is 4. The average Bonchev–Trinajstić information content (AvgIpc) is 2.89. The van der Waals surface area contributed by atoms with Gasteiger partial charge in [-0.1, -0.05) is 24.3 Å². The first-order valence-corrected chi connectivity index (χ1v) is 7.43. The molecule has 2 aromatic carbocycles. The van der Waals surface area contributed by atoms with Crippen LogP contribution in [0.15, 0.2) is 57.7 Å². The largest absolute Gasteiger partial charge is 0.419 e. The minimum absolute atomic E-state index is 0.321. The highest BCUT2D eigenvalue weighted by Gasteiger charge is 2.09. The molecule has 0 fully saturated rings. The van der Waals surface area contributed by atoms with Gasteiger partial charge in [0.2, 0.25) is 0 Å². The first-order chi connectivity index (χ1) is 11.2. The molecule has 0 saturated heterocycles. The van der Waals surface area contributed by atoms with Gasteiger partial charge in [0.1, 0.15) is 0 Å². The molecule has 5 heteroatoms. The van der Waals surface area contributed by atoms with Crippen LogP contribution in [0.1, 0.15) is 11.1 Å². The number of aromatic nitrogens is 1. The lowest BCUT2D eigenvalue weighted by atomic mass is 10.1. The van der Waals surface area contributed by atoms with Gasteiger partial charge in [-0.2, -0.15) is 5.26 Å². The summed E-state index contributed by atoms with van der Waals surface area (Å²) in [7, 11) is 2.01. The molecule has 0 spiro atoms. The Morgan fingerprint density at radius 1 is 1.17 bits per heavy atom. The summed E-state index contributed by atoms with van der Waals surface area (Å²) in [5.74, 6) is -0.321. The molecule has 0 saturated carbocycles. The van der Waals surface area contributed by atoms with Gasteiger partial charge in [-0.05, 0) is 36.9 Å². The summed E-state index contributed by atoms with van der Waals surface area (Å²) in [5.41, 5.74) is 3.24. The maximum absolute atomic E-state index is 11.9. The average molecular weight is 307 g/mol. The van der Waals surface area contributed by atoms with E-state index in [9.17, 15) is 4.79 Å². The van der Waals surface area contributed by atoms with Crippen LogP contribution >= 0.6 is 0 Å². The molecule has 0 amide bonds. The van der Waals surface area contributed by atoms with E-state index in [-0.39, 0.29) is 5.76 Å². The molecule has 0 aliphatic heterocycles. The van der Waals surface area contributed by atoms with E-state index in [0.717, 1.165) is 24.2 Å². The van der Waals surface area contributed by atoms with Crippen molar-refractivity contribution in [2.75, 3.05) is 13.6 Å². The van der Waals surface area contributed by atoms with Gasteiger partial charge in [0.25, 0.3) is 0 Å². The van der Waals surface area contributed by atoms with E-state index in [0.29, 0.717) is 17.7 Å². The fraction of sp³-hybridized carbons (Fsp3) is 0.222. The van der Waals surface area contributed by atoms with Crippen LogP contribution in [0.3, 0.4) is 0 Å². The van der Waals surface area contributed by atoms with E-state index in [2.05, 4.69) is 11.0 Å². The molecule has 0 aliphatic rings. The van der Waals surface area contributed by atoms with Gasteiger partial charge in [0.05, 0.1) is 17.1 Å². The van der Waals surface area contributed by atoms with E-state index in [4.69, 9.17) is 9.68 Å². The zero-order valence-corrected chi connectivity index (χ0v) is 12.9. The van der Waals surface area contributed by atoms with Gasteiger partial charge in [-0.25, -0.2) is 4.79 Å². The van der Waals surface area contributed by atoms with Crippen LogP contribution in [-0.2, 0) is 13.1 Å². The van der Waals surface area contributed by atoms with Crippen LogP contribution in [0.2, 0.25) is 0 Å². The third-order valence-corrected chi connectivity index (χ3v) is 3.81. The number of nitriles is 1. The zero-order chi connectivity index (χ0) is 16.2. The lowest BCUT2D eigenvalue weighted by Gasteiger charge is -2.16. The van der Waals surface area contributed by atoms with E-state index in [1.54, 1.807) is 10.6 Å². The normalized spacial score (nSPS) is 11.0. The summed E-state index contributed by atoms with van der Waals surface area (Å²) in [6.45, 7) is 2.06. The fourth-order valence-corrected chi connectivity index (χ4v) is 2.57. The first kappa shape index (κ1) is 15.1. The molecule has 23 heavy (non-hydrogen) atoms. The van der Waals surface area contributed by atoms with Crippen molar-refractivity contribution in [3.05, 3.63) is 70.2 Å². The molecule has 0 atom stereocenters. The molecular weight excluding hydrogens is 290 g/mol. The SMILES string of the molecule is CN(CCn1c(=O)oc2ccccc21)Cc1ccc(C#N)cc1. The highest BCUT2D eigenvalue weighted by atomic mass is 16.4. The number of fused-ring (bicyclic) bond motifs is 1. The van der Waals surface area contributed by atoms with Crippen LogP contribution in [0, 0.1) is 11.3 Å². The van der Waals surface area contributed by atoms with Gasteiger partial charge < -0.3 is 9.32 Å². The molecule has 3 rings (SSSR count). The Morgan fingerprint density at radius 3 is 2.65 bits per heavy atom. The lowest BCUT2D eigenvalue weighted by molar-refractivity contribution is 0.308. The Balaban J connectivity index is 1.66. The van der Waals surface area contributed by atoms with Crippen LogP contribution in [0.25, 0.3) is 11.1 Å². The number of rotatable bonds is 5. The van der Waals surface area contributed by atoms with Gasteiger partial charge in [0, 0.05) is 19.6 Å². The number of likely N-dealkylation sites (N-methyl/N-ethyl adjacent to an activating group) is 1. The Bertz CT molecular complexity index is 900. The summed E-state index contributed by atoms with van der Waals surface area (Å²) >= 11 is 0. The summed E-state index contributed by atoms with van der Waals surface area (Å²) in [5, 5.41) is 8.81. The first-order valence-electron chi connectivity index (χ1n) is 7.43. The predicted octanol–water partition coefficient (Wildman–Crippen LogP) is 2.60. The zero-order valence-electron chi connectivity index (χ0n) is 12.9. The molecule has 0 aliphatic carbocycles. The van der Waals surface area contributed by atoms with Crippen LogP contribution in [0.5, 0.6) is 0 Å². The number of nitrogens with zero attached hydrogens (tertiary/aromatic N) is 3. The van der Waals surface area contributed by atoms with Crippen LogP contribution < -0.4 is 5.76 Å². The Morgan fingerprint density at radius 2 is 1.91 bits per heavy atom. The topological polar surface area (TPSA) is 62.2 Å². The van der Waals surface area contributed by atoms with Gasteiger partial charge in [-0.3, -0.25) is 4.57 Å². The van der Waals surface area contributed by atoms with Crippen molar-refractivity contribution in [2.24, 2.45) is 0 Å². The van der Waals surface area contributed by atoms with E-state index in [1.165, 1.54) is 0 Å². The molecule has 1 aromatic heterocycles.